The number of hydrogen-bond donors (Lipinski definition) is 0. The van der Waals surface area contributed by atoms with E-state index in [-0.39, 0.29) is 0 Å². The summed E-state index contributed by atoms with van der Waals surface area (Å²) in [5, 5.41) is 0. The van der Waals surface area contributed by atoms with Gasteiger partial charge in [-0.25, -0.2) is 0 Å². The van der Waals surface area contributed by atoms with E-state index < -0.39 is 0 Å². The molecular weight excluding hydrogens is 238 g/mol. The number of nitrogens with zero attached hydrogens (tertiary/aromatic N) is 1. The summed E-state index contributed by atoms with van der Waals surface area (Å²) >= 11 is 0. The van der Waals surface area contributed by atoms with Crippen LogP contribution in [0.1, 0.15) is 30.9 Å². The van der Waals surface area contributed by atoms with Gasteiger partial charge in [0.05, 0.1) is 7.11 Å². The molecule has 3 heteroatoms. The number of hydrogen-bond acceptors (Lipinski definition) is 2. The highest BCUT2D eigenvalue weighted by Crippen LogP contribution is 2.39. The summed E-state index contributed by atoms with van der Waals surface area (Å²) in [4.78, 5) is 14.2. The Balaban J connectivity index is 1.91. The summed E-state index contributed by atoms with van der Waals surface area (Å²) in [6.45, 7) is 3.04. The fourth-order valence-electron chi connectivity index (χ4n) is 3.65. The number of methoxy groups -OCH3 is 1. The van der Waals surface area contributed by atoms with Crippen molar-refractivity contribution in [2.75, 3.05) is 13.7 Å². The van der Waals surface area contributed by atoms with Crippen molar-refractivity contribution in [3.8, 4) is 5.75 Å². The lowest BCUT2D eigenvalue weighted by atomic mass is 9.80. The molecule has 19 heavy (non-hydrogen) atoms. The second-order valence-corrected chi connectivity index (χ2v) is 5.62. The van der Waals surface area contributed by atoms with Gasteiger partial charge >= 0.3 is 0 Å². The fraction of sp³-hybridized carbons (Fsp3) is 0.562. The Morgan fingerprint density at radius 2 is 2.16 bits per heavy atom. The predicted molar refractivity (Wildman–Crippen MR) is 74.3 cm³/mol. The second kappa shape index (κ2) is 4.87. The molecule has 0 saturated carbocycles. The van der Waals surface area contributed by atoms with Crippen molar-refractivity contribution in [2.45, 2.75) is 38.6 Å². The molecule has 102 valence electrons. The summed E-state index contributed by atoms with van der Waals surface area (Å²) < 4.78 is 5.46. The molecule has 1 saturated heterocycles. The number of amides is 1. The Labute approximate surface area is 114 Å². The average molecular weight is 259 g/mol. The molecule has 1 fully saturated rings. The fourth-order valence-corrected chi connectivity index (χ4v) is 3.65. The molecule has 0 N–H and O–H groups in total. The highest BCUT2D eigenvalue weighted by Gasteiger charge is 2.42. The van der Waals surface area contributed by atoms with Crippen molar-refractivity contribution in [3.05, 3.63) is 29.3 Å². The van der Waals surface area contributed by atoms with Crippen molar-refractivity contribution in [3.63, 3.8) is 0 Å². The molecule has 3 rings (SSSR count). The Morgan fingerprint density at radius 3 is 2.89 bits per heavy atom. The summed E-state index contributed by atoms with van der Waals surface area (Å²) in [5.74, 6) is 1.80. The molecule has 1 aromatic carbocycles. The number of ether oxygens (including phenoxy) is 1. The first-order valence-electron chi connectivity index (χ1n) is 7.18. The summed E-state index contributed by atoms with van der Waals surface area (Å²) in [7, 11) is 1.73. The van der Waals surface area contributed by atoms with Crippen LogP contribution in [-0.4, -0.2) is 30.5 Å². The Morgan fingerprint density at radius 1 is 1.32 bits per heavy atom. The number of carbonyl (C=O) groups excluding carboxylic acids is 1. The Kier molecular flexibility index (Phi) is 3.21. The topological polar surface area (TPSA) is 29.5 Å². The highest BCUT2D eigenvalue weighted by molar-refractivity contribution is 5.79. The van der Waals surface area contributed by atoms with Gasteiger partial charge in [0.2, 0.25) is 5.91 Å². The van der Waals surface area contributed by atoms with Crippen LogP contribution in [0.5, 0.6) is 5.75 Å². The zero-order valence-corrected chi connectivity index (χ0v) is 11.7. The zero-order chi connectivity index (χ0) is 13.4. The van der Waals surface area contributed by atoms with Gasteiger partial charge < -0.3 is 9.64 Å². The summed E-state index contributed by atoms with van der Waals surface area (Å²) in [6.07, 6.45) is 3.72. The Bertz CT molecular complexity index is 498. The van der Waals surface area contributed by atoms with Gasteiger partial charge in [0.15, 0.2) is 0 Å². The van der Waals surface area contributed by atoms with Gasteiger partial charge in [-0.1, -0.05) is 19.1 Å². The molecule has 1 aliphatic heterocycles. The van der Waals surface area contributed by atoms with Gasteiger partial charge in [0.1, 0.15) is 5.75 Å². The third-order valence-corrected chi connectivity index (χ3v) is 4.51. The second-order valence-electron chi connectivity index (χ2n) is 5.62. The molecular formula is C16H21NO2. The zero-order valence-electron chi connectivity index (χ0n) is 11.7. The summed E-state index contributed by atoms with van der Waals surface area (Å²) in [6, 6.07) is 6.67. The number of rotatable bonds is 3. The first kappa shape index (κ1) is 12.5. The monoisotopic (exact) mass is 259 g/mol. The van der Waals surface area contributed by atoms with E-state index in [1.807, 2.05) is 6.07 Å². The Hall–Kier alpha value is -1.51. The molecule has 3 nitrogen and oxygen atoms in total. The number of benzene rings is 1. The first-order valence-corrected chi connectivity index (χ1v) is 7.18. The maximum Gasteiger partial charge on any atom is 0.223 e. The van der Waals surface area contributed by atoms with Gasteiger partial charge in [-0.2, -0.15) is 0 Å². The van der Waals surface area contributed by atoms with Gasteiger partial charge in [-0.15, -0.1) is 0 Å². The molecule has 0 radical (unpaired) electrons. The van der Waals surface area contributed by atoms with Gasteiger partial charge in [-0.05, 0) is 42.4 Å². The van der Waals surface area contributed by atoms with E-state index in [1.165, 1.54) is 11.1 Å². The third-order valence-electron chi connectivity index (χ3n) is 4.51. The predicted octanol–water partition coefficient (Wildman–Crippen LogP) is 2.42. The molecule has 1 heterocycles. The molecule has 0 spiro atoms. The SMILES string of the molecule is CCCN1C(=O)C[C@H]2Cc3c(cccc3OC)C[C@@H]21. The molecule has 0 bridgehead atoms. The minimum Gasteiger partial charge on any atom is -0.496 e. The molecule has 1 aliphatic carbocycles. The molecule has 1 aromatic rings. The van der Waals surface area contributed by atoms with Crippen LogP contribution in [0.4, 0.5) is 0 Å². The van der Waals surface area contributed by atoms with E-state index in [2.05, 4.69) is 24.0 Å². The van der Waals surface area contributed by atoms with E-state index in [1.54, 1.807) is 7.11 Å². The van der Waals surface area contributed by atoms with Gasteiger partial charge in [0, 0.05) is 19.0 Å². The van der Waals surface area contributed by atoms with Crippen molar-refractivity contribution in [2.24, 2.45) is 5.92 Å². The smallest absolute Gasteiger partial charge is 0.223 e. The maximum atomic E-state index is 12.1. The molecule has 2 atom stereocenters. The molecule has 0 aromatic heterocycles. The molecule has 0 unspecified atom stereocenters. The number of carbonyl (C=O) groups is 1. The van der Waals surface area contributed by atoms with Gasteiger partial charge in [0.25, 0.3) is 0 Å². The van der Waals surface area contributed by atoms with Crippen LogP contribution in [0.2, 0.25) is 0 Å². The maximum absolute atomic E-state index is 12.1. The standard InChI is InChI=1S/C16H21NO2/c1-3-7-17-14-9-11-5-4-6-15(19-2)13(11)8-12(14)10-16(17)18/h4-6,12,14H,3,7-10H2,1-2H3/t12-,14+/m1/s1. The lowest BCUT2D eigenvalue weighted by Gasteiger charge is -2.33. The van der Waals surface area contributed by atoms with Crippen LogP contribution < -0.4 is 4.74 Å². The lowest BCUT2D eigenvalue weighted by Crippen LogP contribution is -2.40. The first-order chi connectivity index (χ1) is 9.24. The van der Waals surface area contributed by atoms with E-state index in [9.17, 15) is 4.79 Å². The normalized spacial score (nSPS) is 25.2. The quantitative estimate of drug-likeness (QED) is 0.834. The van der Waals surface area contributed by atoms with Crippen molar-refractivity contribution in [1.29, 1.82) is 0 Å². The van der Waals surface area contributed by atoms with Crippen LogP contribution in [0.25, 0.3) is 0 Å². The van der Waals surface area contributed by atoms with Crippen LogP contribution in [0, 0.1) is 5.92 Å². The van der Waals surface area contributed by atoms with E-state index in [0.717, 1.165) is 31.6 Å². The number of fused-ring (bicyclic) bond motifs is 2. The van der Waals surface area contributed by atoms with E-state index >= 15 is 0 Å². The minimum atomic E-state index is 0.337. The molecule has 2 aliphatic rings. The van der Waals surface area contributed by atoms with Crippen LogP contribution in [-0.2, 0) is 17.6 Å². The largest absolute Gasteiger partial charge is 0.496 e. The van der Waals surface area contributed by atoms with Crippen molar-refractivity contribution < 1.29 is 9.53 Å². The number of likely N-dealkylation sites (tertiary alicyclic amines) is 1. The third kappa shape index (κ3) is 2.01. The molecule has 1 amide bonds. The van der Waals surface area contributed by atoms with E-state index in [4.69, 9.17) is 4.74 Å². The van der Waals surface area contributed by atoms with Crippen LogP contribution in [0.3, 0.4) is 0 Å². The van der Waals surface area contributed by atoms with Crippen LogP contribution >= 0.6 is 0 Å². The van der Waals surface area contributed by atoms with Crippen molar-refractivity contribution >= 4 is 5.91 Å². The highest BCUT2D eigenvalue weighted by atomic mass is 16.5. The van der Waals surface area contributed by atoms with E-state index in [0.29, 0.717) is 24.3 Å². The lowest BCUT2D eigenvalue weighted by molar-refractivity contribution is -0.128. The van der Waals surface area contributed by atoms with Crippen LogP contribution in [0.15, 0.2) is 18.2 Å². The van der Waals surface area contributed by atoms with Crippen molar-refractivity contribution in [1.82, 2.24) is 4.90 Å². The van der Waals surface area contributed by atoms with Gasteiger partial charge in [-0.3, -0.25) is 4.79 Å². The average Bonchev–Trinajstić information content (AvgIpc) is 2.72. The minimum absolute atomic E-state index is 0.337. The summed E-state index contributed by atoms with van der Waals surface area (Å²) in [5.41, 5.74) is 2.67.